The monoisotopic (exact) mass is 622 g/mol. The minimum absolute atomic E-state index is 0.0190. The van der Waals surface area contributed by atoms with Gasteiger partial charge in [0.25, 0.3) is 0 Å². The van der Waals surface area contributed by atoms with Crippen molar-refractivity contribution in [3.05, 3.63) is 47.9 Å². The first kappa shape index (κ1) is 28.2. The van der Waals surface area contributed by atoms with Crippen LogP contribution in [0.2, 0.25) is 0 Å². The molecule has 2 aromatic heterocycles. The van der Waals surface area contributed by atoms with Crippen LogP contribution in [-0.2, 0) is 0 Å². The van der Waals surface area contributed by atoms with Gasteiger partial charge < -0.3 is 20.1 Å². The predicted octanol–water partition coefficient (Wildman–Crippen LogP) is 5.35. The Morgan fingerprint density at radius 3 is 2.76 bits per heavy atom. The van der Waals surface area contributed by atoms with Gasteiger partial charge in [0.15, 0.2) is 5.82 Å². The number of aromatic hydroxyl groups is 1. The van der Waals surface area contributed by atoms with E-state index in [1.807, 2.05) is 12.1 Å². The number of aromatic nitrogens is 3. The summed E-state index contributed by atoms with van der Waals surface area (Å²) in [5.74, 6) is 3.19. The van der Waals surface area contributed by atoms with Gasteiger partial charge in [-0.3, -0.25) is 9.88 Å². The number of piperazine rings is 1. The van der Waals surface area contributed by atoms with E-state index in [4.69, 9.17) is 16.1 Å². The lowest BCUT2D eigenvalue weighted by Crippen LogP contribution is -2.51. The number of fused-ring (bicyclic) bond motifs is 7. The third-order valence-electron chi connectivity index (χ3n) is 11.3. The van der Waals surface area contributed by atoms with Gasteiger partial charge in [0.2, 0.25) is 0 Å². The summed E-state index contributed by atoms with van der Waals surface area (Å²) in [6, 6.07) is 9.68. The van der Waals surface area contributed by atoms with E-state index in [0.717, 1.165) is 38.8 Å². The van der Waals surface area contributed by atoms with Crippen LogP contribution in [0.3, 0.4) is 0 Å². The highest BCUT2D eigenvalue weighted by molar-refractivity contribution is 6.02. The van der Waals surface area contributed by atoms with Gasteiger partial charge in [0.1, 0.15) is 35.6 Å². The molecule has 1 aliphatic carbocycles. The molecule has 2 N–H and O–H groups in total. The second-order valence-corrected chi connectivity index (χ2v) is 14.0. The van der Waals surface area contributed by atoms with Gasteiger partial charge in [-0.1, -0.05) is 24.5 Å². The highest BCUT2D eigenvalue weighted by Gasteiger charge is 2.58. The number of nitrogens with zero attached hydrogens (tertiary/aromatic N) is 5. The van der Waals surface area contributed by atoms with Crippen molar-refractivity contribution in [2.45, 2.75) is 74.8 Å². The molecule has 2 aromatic carbocycles. The van der Waals surface area contributed by atoms with Crippen LogP contribution in [0.1, 0.15) is 50.5 Å². The molecule has 4 aliphatic heterocycles. The first-order valence-corrected chi connectivity index (χ1v) is 16.5. The number of halogens is 2. The Balaban J connectivity index is 1.16. The molecule has 1 saturated carbocycles. The fourth-order valence-electron chi connectivity index (χ4n) is 9.45. The Morgan fingerprint density at radius 2 is 1.93 bits per heavy atom. The zero-order valence-corrected chi connectivity index (χ0v) is 25.6. The third kappa shape index (κ3) is 4.35. The molecule has 10 heteroatoms. The van der Waals surface area contributed by atoms with Crippen molar-refractivity contribution in [2.24, 2.45) is 5.92 Å². The fraction of sp³-hybridized carbons (Fsp3) is 0.472. The van der Waals surface area contributed by atoms with Crippen LogP contribution in [0, 0.1) is 24.1 Å². The third-order valence-corrected chi connectivity index (χ3v) is 11.3. The number of phenols is 1. The molecule has 46 heavy (non-hydrogen) atoms. The van der Waals surface area contributed by atoms with E-state index in [1.54, 1.807) is 18.3 Å². The summed E-state index contributed by atoms with van der Waals surface area (Å²) in [5, 5.41) is 16.1. The van der Waals surface area contributed by atoms with E-state index in [-0.39, 0.29) is 29.6 Å². The molecule has 6 atom stereocenters. The van der Waals surface area contributed by atoms with E-state index >= 15 is 4.39 Å². The molecule has 4 saturated heterocycles. The van der Waals surface area contributed by atoms with Crippen LogP contribution in [0.5, 0.6) is 11.8 Å². The Morgan fingerprint density at radius 1 is 1.09 bits per heavy atom. The molecule has 9 rings (SSSR count). The molecule has 8 nitrogen and oxygen atoms in total. The fourth-order valence-corrected chi connectivity index (χ4v) is 9.45. The van der Waals surface area contributed by atoms with Crippen molar-refractivity contribution < 1.29 is 18.6 Å². The average molecular weight is 623 g/mol. The zero-order chi connectivity index (χ0) is 31.2. The van der Waals surface area contributed by atoms with Crippen molar-refractivity contribution in [3.63, 3.8) is 0 Å². The highest BCUT2D eigenvalue weighted by atomic mass is 19.1. The van der Waals surface area contributed by atoms with Crippen LogP contribution in [0.15, 0.2) is 36.5 Å². The van der Waals surface area contributed by atoms with E-state index < -0.39 is 17.5 Å². The number of phenolic OH excluding ortho intramolecular Hbond substituents is 1. The number of rotatable bonds is 5. The predicted molar refractivity (Wildman–Crippen MR) is 172 cm³/mol. The normalized spacial score (nSPS) is 30.2. The molecular weight excluding hydrogens is 586 g/mol. The number of alkyl halides is 1. The summed E-state index contributed by atoms with van der Waals surface area (Å²) in [6.07, 6.45) is 13.5. The number of hydrogen-bond acceptors (Lipinski definition) is 8. The van der Waals surface area contributed by atoms with Crippen molar-refractivity contribution in [3.8, 4) is 35.4 Å². The Bertz CT molecular complexity index is 1920. The van der Waals surface area contributed by atoms with Gasteiger partial charge in [-0.15, -0.1) is 6.42 Å². The number of pyridine rings is 1. The first-order valence-electron chi connectivity index (χ1n) is 16.5. The van der Waals surface area contributed by atoms with Gasteiger partial charge in [0.05, 0.1) is 10.9 Å². The Hall–Kier alpha value is -4.07. The van der Waals surface area contributed by atoms with Gasteiger partial charge in [-0.25, -0.2) is 8.78 Å². The van der Waals surface area contributed by atoms with E-state index in [2.05, 4.69) is 31.0 Å². The lowest BCUT2D eigenvalue weighted by molar-refractivity contribution is 0.0832. The smallest absolute Gasteiger partial charge is 0.319 e. The number of hydrogen-bond donors (Lipinski definition) is 2. The molecule has 0 radical (unpaired) electrons. The maximum absolute atomic E-state index is 16.9. The number of benzene rings is 2. The van der Waals surface area contributed by atoms with E-state index in [0.29, 0.717) is 70.1 Å². The van der Waals surface area contributed by atoms with Crippen molar-refractivity contribution in [2.75, 3.05) is 31.1 Å². The largest absolute Gasteiger partial charge is 0.508 e. The summed E-state index contributed by atoms with van der Waals surface area (Å²) >= 11 is 0. The molecule has 5 aliphatic rings. The molecule has 3 unspecified atom stereocenters. The standard InChI is InChI=1S/C36H36F2N6O2/c1-2-20-5-3-6-21-11-26(45)12-27(30(20)21)32-31(38)33-28(15-39-32)34(43-17-24-9-10-25(18-43)40-24)42-35(41-33)46-19-36-13-22-7-4-8-29(22)44(36)16-23(37)14-36/h1,3,5-6,11-12,15,22-25,29,40,45H,4,7-10,13-14,16-19H2/t22-,23+,24?,25?,29-,36?/m0/s1. The second kappa shape index (κ2) is 10.5. The Labute approximate surface area is 266 Å². The van der Waals surface area contributed by atoms with Gasteiger partial charge in [0, 0.05) is 66.9 Å². The average Bonchev–Trinajstić information content (AvgIpc) is 3.79. The van der Waals surface area contributed by atoms with Gasteiger partial charge in [-0.2, -0.15) is 9.97 Å². The molecule has 4 aromatic rings. The molecule has 6 heterocycles. The number of nitrogens with one attached hydrogen (secondary N) is 1. The first-order chi connectivity index (χ1) is 22.4. The number of terminal acetylenes is 1. The number of anilines is 1. The van der Waals surface area contributed by atoms with Crippen LogP contribution in [-0.4, -0.2) is 81.0 Å². The van der Waals surface area contributed by atoms with Crippen molar-refractivity contribution >= 4 is 27.5 Å². The minimum Gasteiger partial charge on any atom is -0.508 e. The van der Waals surface area contributed by atoms with Crippen LogP contribution in [0.4, 0.5) is 14.6 Å². The van der Waals surface area contributed by atoms with Crippen LogP contribution in [0.25, 0.3) is 32.9 Å². The van der Waals surface area contributed by atoms with Crippen LogP contribution < -0.4 is 15.0 Å². The van der Waals surface area contributed by atoms with Crippen molar-refractivity contribution in [1.82, 2.24) is 25.2 Å². The lowest BCUT2D eigenvalue weighted by atomic mass is 9.89. The lowest BCUT2D eigenvalue weighted by Gasteiger charge is -2.35. The Kier molecular flexibility index (Phi) is 6.42. The maximum atomic E-state index is 16.9. The summed E-state index contributed by atoms with van der Waals surface area (Å²) in [5.41, 5.74) is 0.702. The molecule has 5 fully saturated rings. The molecule has 0 amide bonds. The van der Waals surface area contributed by atoms with Gasteiger partial charge in [-0.05, 0) is 61.6 Å². The quantitative estimate of drug-likeness (QED) is 0.289. The van der Waals surface area contributed by atoms with Gasteiger partial charge >= 0.3 is 6.01 Å². The summed E-state index contributed by atoms with van der Waals surface area (Å²) in [6.45, 7) is 2.18. The van der Waals surface area contributed by atoms with E-state index in [9.17, 15) is 9.50 Å². The van der Waals surface area contributed by atoms with Crippen molar-refractivity contribution in [1.29, 1.82) is 0 Å². The summed E-state index contributed by atoms with van der Waals surface area (Å²) in [4.78, 5) is 18.7. The van der Waals surface area contributed by atoms with E-state index in [1.165, 1.54) is 18.9 Å². The molecule has 236 valence electrons. The topological polar surface area (TPSA) is 86.6 Å². The summed E-state index contributed by atoms with van der Waals surface area (Å²) < 4.78 is 38.2. The zero-order valence-electron chi connectivity index (χ0n) is 25.6. The SMILES string of the molecule is C#Cc1cccc2cc(O)cc(-c3ncc4c(N5CC6CCC(C5)N6)nc(OCC56C[C@@H](F)CN5[C@H]5CCC[C@H]5C6)nc4c3F)c12. The second-order valence-electron chi connectivity index (χ2n) is 14.0. The summed E-state index contributed by atoms with van der Waals surface area (Å²) in [7, 11) is 0. The maximum Gasteiger partial charge on any atom is 0.319 e. The van der Waals surface area contributed by atoms with Crippen LogP contribution >= 0.6 is 0 Å². The number of ether oxygens (including phenoxy) is 1. The molecule has 2 bridgehead atoms. The highest BCUT2D eigenvalue weighted by Crippen LogP contribution is 2.52. The molecule has 0 spiro atoms. The minimum atomic E-state index is -0.884. The molecular formula is C36H36F2N6O2.